The van der Waals surface area contributed by atoms with Crippen LogP contribution in [0, 0.1) is 0 Å². The first-order valence-corrected chi connectivity index (χ1v) is 8.92. The van der Waals surface area contributed by atoms with Crippen LogP contribution in [0.15, 0.2) is 30.7 Å². The van der Waals surface area contributed by atoms with Gasteiger partial charge in [0, 0.05) is 30.4 Å². The van der Waals surface area contributed by atoms with E-state index in [2.05, 4.69) is 26.0 Å². The molecule has 27 heavy (non-hydrogen) atoms. The molecule has 0 aliphatic carbocycles. The quantitative estimate of drug-likeness (QED) is 0.723. The lowest BCUT2D eigenvalue weighted by molar-refractivity contribution is 0.394. The Bertz CT molecular complexity index is 967. The maximum atomic E-state index is 6.18. The average Bonchev–Trinajstić information content (AvgIpc) is 3.34. The molecular weight excluding hydrogens is 342 g/mol. The van der Waals surface area contributed by atoms with Crippen LogP contribution in [0.3, 0.4) is 0 Å². The molecule has 0 bridgehead atoms. The number of fused-ring (bicyclic) bond motifs is 1. The third-order valence-corrected chi connectivity index (χ3v) is 4.92. The number of ether oxygens (including phenoxy) is 2. The van der Waals surface area contributed by atoms with E-state index in [0.29, 0.717) is 11.9 Å². The van der Waals surface area contributed by atoms with E-state index in [0.717, 1.165) is 53.2 Å². The fourth-order valence-corrected chi connectivity index (χ4v) is 3.53. The van der Waals surface area contributed by atoms with Crippen molar-refractivity contribution in [3.63, 3.8) is 0 Å². The molecule has 1 unspecified atom stereocenters. The summed E-state index contributed by atoms with van der Waals surface area (Å²) in [6.07, 6.45) is 8.76. The predicted molar refractivity (Wildman–Crippen MR) is 107 cm³/mol. The lowest BCUT2D eigenvalue weighted by Crippen LogP contribution is -2.13. The summed E-state index contributed by atoms with van der Waals surface area (Å²) in [7, 11) is 3.28. The number of nitrogen functional groups attached to an aromatic ring is 1. The number of nitrogens with two attached hydrogens (primary N) is 1. The Kier molecular flexibility index (Phi) is 4.68. The maximum Gasteiger partial charge on any atom is 0.146 e. The molecular formula is C20H23N5O2. The molecule has 0 radical (unpaired) electrons. The first-order valence-electron chi connectivity index (χ1n) is 8.92. The number of hydrogen-bond donors (Lipinski definition) is 2. The van der Waals surface area contributed by atoms with Gasteiger partial charge in [-0.25, -0.2) is 9.97 Å². The van der Waals surface area contributed by atoms with Crippen molar-refractivity contribution in [2.24, 2.45) is 0 Å². The smallest absolute Gasteiger partial charge is 0.146 e. The highest BCUT2D eigenvalue weighted by Gasteiger charge is 2.21. The van der Waals surface area contributed by atoms with Crippen molar-refractivity contribution < 1.29 is 9.47 Å². The van der Waals surface area contributed by atoms with Crippen molar-refractivity contribution in [3.05, 3.63) is 41.9 Å². The Hall–Kier alpha value is -3.06. The van der Waals surface area contributed by atoms with Gasteiger partial charge in [0.05, 0.1) is 19.6 Å². The van der Waals surface area contributed by atoms with E-state index in [9.17, 15) is 0 Å². The van der Waals surface area contributed by atoms with Gasteiger partial charge in [-0.3, -0.25) is 0 Å². The number of anilines is 1. The lowest BCUT2D eigenvalue weighted by atomic mass is 10.1. The first-order chi connectivity index (χ1) is 13.2. The predicted octanol–water partition coefficient (Wildman–Crippen LogP) is 2.74. The zero-order chi connectivity index (χ0) is 18.8. The molecule has 1 aliphatic heterocycles. The van der Waals surface area contributed by atoms with E-state index in [1.807, 2.05) is 30.4 Å². The van der Waals surface area contributed by atoms with Crippen LogP contribution in [-0.4, -0.2) is 41.8 Å². The molecule has 1 fully saturated rings. The molecule has 0 amide bonds. The Morgan fingerprint density at radius 1 is 1.15 bits per heavy atom. The molecule has 0 spiro atoms. The summed E-state index contributed by atoms with van der Waals surface area (Å²) in [5, 5.41) is 4.29. The largest absolute Gasteiger partial charge is 0.497 e. The van der Waals surface area contributed by atoms with E-state index in [1.165, 1.54) is 6.33 Å². The van der Waals surface area contributed by atoms with Gasteiger partial charge in [0.25, 0.3) is 0 Å². The fourth-order valence-electron chi connectivity index (χ4n) is 3.53. The zero-order valence-corrected chi connectivity index (χ0v) is 15.5. The topological polar surface area (TPSA) is 87.2 Å². The Labute approximate surface area is 157 Å². The number of methoxy groups -OCH3 is 2. The van der Waals surface area contributed by atoms with Gasteiger partial charge in [0.15, 0.2) is 0 Å². The van der Waals surface area contributed by atoms with Gasteiger partial charge in [-0.2, -0.15) is 0 Å². The molecule has 0 saturated carbocycles. The summed E-state index contributed by atoms with van der Waals surface area (Å²) < 4.78 is 12.9. The van der Waals surface area contributed by atoms with E-state index in [1.54, 1.807) is 14.2 Å². The molecule has 4 rings (SSSR count). The second kappa shape index (κ2) is 7.28. The minimum absolute atomic E-state index is 0.376. The van der Waals surface area contributed by atoms with Crippen molar-refractivity contribution in [1.82, 2.24) is 19.9 Å². The molecule has 3 heterocycles. The van der Waals surface area contributed by atoms with Gasteiger partial charge in [0.2, 0.25) is 0 Å². The van der Waals surface area contributed by atoms with Crippen LogP contribution in [0.4, 0.5) is 5.82 Å². The van der Waals surface area contributed by atoms with Crippen LogP contribution in [0.5, 0.6) is 11.5 Å². The van der Waals surface area contributed by atoms with Crippen LogP contribution in [0.2, 0.25) is 0 Å². The van der Waals surface area contributed by atoms with Crippen molar-refractivity contribution in [2.45, 2.75) is 12.5 Å². The zero-order valence-electron chi connectivity index (χ0n) is 15.5. The number of hydrogen-bond acceptors (Lipinski definition) is 6. The van der Waals surface area contributed by atoms with E-state index < -0.39 is 0 Å². The van der Waals surface area contributed by atoms with E-state index in [4.69, 9.17) is 15.2 Å². The average molecular weight is 365 g/mol. The molecule has 1 atom stereocenters. The fraction of sp³-hybridized carbons (Fsp3) is 0.300. The van der Waals surface area contributed by atoms with Gasteiger partial charge < -0.3 is 25.1 Å². The SMILES string of the molecule is COc1cc(/C=C/c2cn(C3CCNC3)c3ncnc(N)c23)cc(OC)c1. The van der Waals surface area contributed by atoms with Crippen molar-refractivity contribution in [2.75, 3.05) is 33.0 Å². The summed E-state index contributed by atoms with van der Waals surface area (Å²) in [6.45, 7) is 1.95. The molecule has 7 nitrogen and oxygen atoms in total. The van der Waals surface area contributed by atoms with Gasteiger partial charge in [-0.15, -0.1) is 0 Å². The van der Waals surface area contributed by atoms with Gasteiger partial charge in [-0.1, -0.05) is 12.2 Å². The Morgan fingerprint density at radius 3 is 2.59 bits per heavy atom. The highest BCUT2D eigenvalue weighted by Crippen LogP contribution is 2.30. The summed E-state index contributed by atoms with van der Waals surface area (Å²) in [4.78, 5) is 8.67. The summed E-state index contributed by atoms with van der Waals surface area (Å²) in [6, 6.07) is 6.14. The number of nitrogens with zero attached hydrogens (tertiary/aromatic N) is 3. The minimum Gasteiger partial charge on any atom is -0.497 e. The number of aromatic nitrogens is 3. The third-order valence-electron chi connectivity index (χ3n) is 4.92. The summed E-state index contributed by atoms with van der Waals surface area (Å²) >= 11 is 0. The van der Waals surface area contributed by atoms with Crippen molar-refractivity contribution in [1.29, 1.82) is 0 Å². The molecule has 1 aromatic carbocycles. The summed E-state index contributed by atoms with van der Waals surface area (Å²) in [5.41, 5.74) is 9.02. The Morgan fingerprint density at radius 2 is 1.93 bits per heavy atom. The highest BCUT2D eigenvalue weighted by molar-refractivity contribution is 5.96. The monoisotopic (exact) mass is 365 g/mol. The second-order valence-corrected chi connectivity index (χ2v) is 6.58. The molecule has 1 aliphatic rings. The van der Waals surface area contributed by atoms with Crippen LogP contribution >= 0.6 is 0 Å². The second-order valence-electron chi connectivity index (χ2n) is 6.58. The summed E-state index contributed by atoms with van der Waals surface area (Å²) in [5.74, 6) is 1.99. The molecule has 140 valence electrons. The Balaban J connectivity index is 1.77. The maximum absolute atomic E-state index is 6.18. The molecule has 1 saturated heterocycles. The number of rotatable bonds is 5. The van der Waals surface area contributed by atoms with Gasteiger partial charge in [0.1, 0.15) is 29.3 Å². The standard InChI is InChI=1S/C20H23N5O2/c1-26-16-7-13(8-17(9-16)27-2)3-4-14-11-25(15-5-6-22-10-15)20-18(14)19(21)23-12-24-20/h3-4,7-9,11-12,15,22H,5-6,10H2,1-2H3,(H2,21,23,24)/b4-3+. The van der Waals surface area contributed by atoms with Crippen molar-refractivity contribution in [3.8, 4) is 11.5 Å². The molecule has 7 heteroatoms. The number of nitrogens with one attached hydrogen (secondary N) is 1. The molecule has 2 aromatic heterocycles. The minimum atomic E-state index is 0.376. The number of benzene rings is 1. The van der Waals surface area contributed by atoms with Crippen molar-refractivity contribution >= 4 is 29.0 Å². The highest BCUT2D eigenvalue weighted by atomic mass is 16.5. The van der Waals surface area contributed by atoms with E-state index >= 15 is 0 Å². The van der Waals surface area contributed by atoms with Crippen LogP contribution in [-0.2, 0) is 0 Å². The van der Waals surface area contributed by atoms with Gasteiger partial charge >= 0.3 is 0 Å². The third kappa shape index (κ3) is 3.33. The first kappa shape index (κ1) is 17.4. The van der Waals surface area contributed by atoms with Crippen LogP contribution in [0.25, 0.3) is 23.2 Å². The molecule has 3 N–H and O–H groups in total. The van der Waals surface area contributed by atoms with E-state index in [-0.39, 0.29) is 0 Å². The van der Waals surface area contributed by atoms with Crippen LogP contribution in [0.1, 0.15) is 23.6 Å². The normalized spacial score (nSPS) is 17.0. The molecule has 3 aromatic rings. The van der Waals surface area contributed by atoms with Crippen LogP contribution < -0.4 is 20.5 Å². The van der Waals surface area contributed by atoms with Gasteiger partial charge in [-0.05, 0) is 30.7 Å². The lowest BCUT2D eigenvalue weighted by Gasteiger charge is -2.11.